The summed E-state index contributed by atoms with van der Waals surface area (Å²) in [5.74, 6) is -0.812. The molecular formula is C14H30BN2O4. The monoisotopic (exact) mass is 301 g/mol. The van der Waals surface area contributed by atoms with Crippen LogP contribution in [0, 0.1) is 5.92 Å². The number of carbonyl (C=O) groups is 2. The summed E-state index contributed by atoms with van der Waals surface area (Å²) in [6.07, 6.45) is 5.35. The van der Waals surface area contributed by atoms with Gasteiger partial charge in [0.25, 0.3) is 7.48 Å². The summed E-state index contributed by atoms with van der Waals surface area (Å²) in [5, 5.41) is 17.5. The van der Waals surface area contributed by atoms with E-state index in [-0.39, 0.29) is 5.92 Å². The largest absolute Gasteiger partial charge is 0.480 e. The maximum atomic E-state index is 11.0. The predicted molar refractivity (Wildman–Crippen MR) is 85.3 cm³/mol. The number of aldehydes is 1. The van der Waals surface area contributed by atoms with Crippen LogP contribution in [-0.4, -0.2) is 61.5 Å². The summed E-state index contributed by atoms with van der Waals surface area (Å²) in [7, 11) is 7.12. The molecule has 6 nitrogen and oxygen atoms in total. The molecule has 0 aromatic heterocycles. The van der Waals surface area contributed by atoms with Gasteiger partial charge in [-0.2, -0.15) is 0 Å². The van der Waals surface area contributed by atoms with Gasteiger partial charge in [0.15, 0.2) is 0 Å². The van der Waals surface area contributed by atoms with Crippen LogP contribution in [0.1, 0.15) is 39.0 Å². The molecule has 0 heterocycles. The number of nitrogens with two attached hydrogens (primary N) is 1. The van der Waals surface area contributed by atoms with Gasteiger partial charge in [0.05, 0.1) is 0 Å². The minimum atomic E-state index is -1.02. The molecule has 0 aromatic carbocycles. The topological polar surface area (TPSA) is 104 Å². The van der Waals surface area contributed by atoms with E-state index in [0.717, 1.165) is 39.5 Å². The Morgan fingerprint density at radius 3 is 2.33 bits per heavy atom. The van der Waals surface area contributed by atoms with Gasteiger partial charge < -0.3 is 25.6 Å². The van der Waals surface area contributed by atoms with E-state index >= 15 is 0 Å². The molecule has 2 unspecified atom stereocenters. The maximum absolute atomic E-state index is 11.0. The van der Waals surface area contributed by atoms with Crippen LogP contribution in [0.2, 0.25) is 6.32 Å². The molecule has 1 rings (SSSR count). The van der Waals surface area contributed by atoms with Crippen LogP contribution in [0.15, 0.2) is 0 Å². The van der Waals surface area contributed by atoms with Crippen molar-refractivity contribution in [2.45, 2.75) is 50.9 Å². The predicted octanol–water partition coefficient (Wildman–Crippen LogP) is 0.762. The molecule has 1 fully saturated rings. The first-order valence-electron chi connectivity index (χ1n) is 7.25. The molecule has 4 N–H and O–H groups in total. The zero-order chi connectivity index (χ0) is 16.9. The molecule has 1 saturated carbocycles. The van der Waals surface area contributed by atoms with Crippen molar-refractivity contribution in [2.24, 2.45) is 11.7 Å². The van der Waals surface area contributed by atoms with Crippen LogP contribution in [-0.2, 0) is 9.59 Å². The van der Waals surface area contributed by atoms with E-state index in [1.165, 1.54) is 6.92 Å². The Kier molecular flexibility index (Phi) is 13.6. The van der Waals surface area contributed by atoms with Crippen molar-refractivity contribution >= 4 is 19.7 Å². The van der Waals surface area contributed by atoms with E-state index in [1.54, 1.807) is 0 Å². The average Bonchev–Trinajstić information content (AvgIpc) is 2.73. The van der Waals surface area contributed by atoms with E-state index in [4.69, 9.17) is 20.7 Å². The number of carboxylic acid groups (broad SMARTS) is 1. The Balaban J connectivity index is 0. The van der Waals surface area contributed by atoms with Crippen molar-refractivity contribution in [2.75, 3.05) is 21.1 Å². The number of carboxylic acids is 1. The Morgan fingerprint density at radius 1 is 1.48 bits per heavy atom. The van der Waals surface area contributed by atoms with Gasteiger partial charge in [-0.25, -0.2) is 0 Å². The highest BCUT2D eigenvalue weighted by atomic mass is 16.4. The third-order valence-corrected chi connectivity index (χ3v) is 3.16. The quantitative estimate of drug-likeness (QED) is 0.393. The first-order chi connectivity index (χ1) is 9.76. The third-order valence-electron chi connectivity index (χ3n) is 3.16. The summed E-state index contributed by atoms with van der Waals surface area (Å²) in [4.78, 5) is 21.8. The van der Waals surface area contributed by atoms with Gasteiger partial charge in [0.1, 0.15) is 11.8 Å². The standard InChI is InChI=1S/C9H17BNO3.C3H9N.C2H4O/c11-9(8(12)13)5-1-3-7(9)4-2-6-10-14;1-4(2)3;1-2-3/h7,14H,1-6,11H2,(H,12,13);1-3H3;2H,1H3. The van der Waals surface area contributed by atoms with Crippen LogP contribution in [0.4, 0.5) is 0 Å². The normalized spacial score (nSPS) is 23.5. The molecule has 0 spiro atoms. The first kappa shape index (κ1) is 22.4. The molecule has 0 bridgehead atoms. The van der Waals surface area contributed by atoms with Crippen molar-refractivity contribution in [3.8, 4) is 0 Å². The Morgan fingerprint density at radius 2 is 1.95 bits per heavy atom. The molecule has 0 aliphatic heterocycles. The Labute approximate surface area is 129 Å². The fraction of sp³-hybridized carbons (Fsp3) is 0.857. The zero-order valence-electron chi connectivity index (χ0n) is 13.7. The number of hydrogen-bond donors (Lipinski definition) is 3. The highest BCUT2D eigenvalue weighted by molar-refractivity contribution is 6.25. The van der Waals surface area contributed by atoms with Crippen molar-refractivity contribution in [3.05, 3.63) is 0 Å². The summed E-state index contributed by atoms with van der Waals surface area (Å²) in [5.41, 5.74) is 4.84. The summed E-state index contributed by atoms with van der Waals surface area (Å²) < 4.78 is 0. The van der Waals surface area contributed by atoms with Gasteiger partial charge in [0, 0.05) is 0 Å². The number of hydrogen-bond acceptors (Lipinski definition) is 5. The van der Waals surface area contributed by atoms with Gasteiger partial charge in [-0.05, 0) is 53.2 Å². The smallest absolute Gasteiger partial charge is 0.323 e. The maximum Gasteiger partial charge on any atom is 0.323 e. The molecule has 2 atom stereocenters. The fourth-order valence-electron chi connectivity index (χ4n) is 2.24. The average molecular weight is 301 g/mol. The van der Waals surface area contributed by atoms with E-state index < -0.39 is 11.5 Å². The molecule has 1 aliphatic carbocycles. The van der Waals surface area contributed by atoms with Gasteiger partial charge in [-0.3, -0.25) is 4.79 Å². The molecule has 0 amide bonds. The fourth-order valence-corrected chi connectivity index (χ4v) is 2.24. The molecule has 21 heavy (non-hydrogen) atoms. The lowest BCUT2D eigenvalue weighted by atomic mass is 9.82. The van der Waals surface area contributed by atoms with E-state index in [1.807, 2.05) is 26.0 Å². The molecule has 0 saturated heterocycles. The minimum absolute atomic E-state index is 0.0694. The SMILES string of the molecule is CC=O.CN(C)C.NC1(C(=O)O)CCCC1CCC[B]O. The highest BCUT2D eigenvalue weighted by Gasteiger charge is 2.45. The summed E-state index contributed by atoms with van der Waals surface area (Å²) in [6.45, 7) is 1.44. The van der Waals surface area contributed by atoms with Crippen LogP contribution < -0.4 is 5.73 Å². The zero-order valence-corrected chi connectivity index (χ0v) is 13.7. The summed E-state index contributed by atoms with van der Waals surface area (Å²) in [6, 6.07) is 0. The molecule has 123 valence electrons. The number of rotatable bonds is 5. The number of carbonyl (C=O) groups excluding carboxylic acids is 1. The van der Waals surface area contributed by atoms with Crippen LogP contribution >= 0.6 is 0 Å². The summed E-state index contributed by atoms with van der Waals surface area (Å²) >= 11 is 0. The second-order valence-electron chi connectivity index (χ2n) is 5.63. The van der Waals surface area contributed by atoms with Crippen LogP contribution in [0.5, 0.6) is 0 Å². The van der Waals surface area contributed by atoms with E-state index in [9.17, 15) is 4.79 Å². The van der Waals surface area contributed by atoms with Crippen molar-refractivity contribution in [1.29, 1.82) is 0 Å². The molecule has 0 aromatic rings. The lowest BCUT2D eigenvalue weighted by Crippen LogP contribution is -2.50. The first-order valence-corrected chi connectivity index (χ1v) is 7.25. The molecular weight excluding hydrogens is 271 g/mol. The van der Waals surface area contributed by atoms with Gasteiger partial charge in [0.2, 0.25) is 0 Å². The van der Waals surface area contributed by atoms with Crippen LogP contribution in [0.3, 0.4) is 0 Å². The van der Waals surface area contributed by atoms with Crippen LogP contribution in [0.25, 0.3) is 0 Å². The van der Waals surface area contributed by atoms with Crippen molar-refractivity contribution in [1.82, 2.24) is 4.90 Å². The second kappa shape index (κ2) is 12.8. The van der Waals surface area contributed by atoms with Gasteiger partial charge in [-0.1, -0.05) is 19.2 Å². The van der Waals surface area contributed by atoms with E-state index in [2.05, 4.69) is 0 Å². The number of nitrogens with zero attached hydrogens (tertiary/aromatic N) is 1. The van der Waals surface area contributed by atoms with Gasteiger partial charge in [-0.15, -0.1) is 0 Å². The van der Waals surface area contributed by atoms with Crippen molar-refractivity contribution in [3.63, 3.8) is 0 Å². The molecule has 7 heteroatoms. The molecule has 1 aliphatic rings. The van der Waals surface area contributed by atoms with E-state index in [0.29, 0.717) is 12.7 Å². The lowest BCUT2D eigenvalue weighted by molar-refractivity contribution is -0.144. The van der Waals surface area contributed by atoms with Crippen molar-refractivity contribution < 1.29 is 19.7 Å². The third kappa shape index (κ3) is 10.5. The Bertz CT molecular complexity index is 287. The molecule has 1 radical (unpaired) electrons. The Hall–Kier alpha value is -0.915. The van der Waals surface area contributed by atoms with Gasteiger partial charge >= 0.3 is 5.97 Å². The number of aliphatic carboxylic acids is 1. The lowest BCUT2D eigenvalue weighted by Gasteiger charge is -2.26. The second-order valence-corrected chi connectivity index (χ2v) is 5.63. The minimum Gasteiger partial charge on any atom is -0.480 e. The highest BCUT2D eigenvalue weighted by Crippen LogP contribution is 2.37.